The number of nitrogens with one attached hydrogen (secondary N) is 1. The van der Waals surface area contributed by atoms with Crippen LogP contribution >= 0.6 is 0 Å². The van der Waals surface area contributed by atoms with Gasteiger partial charge in [0.05, 0.1) is 11.3 Å². The molecule has 0 aliphatic rings. The van der Waals surface area contributed by atoms with Crippen LogP contribution < -0.4 is 5.73 Å². The molecule has 0 bridgehead atoms. The number of hydrogen-bond acceptors (Lipinski definition) is 1. The maximum Gasteiger partial charge on any atom is 0.250 e. The molecule has 1 heterocycles. The summed E-state index contributed by atoms with van der Waals surface area (Å²) in [4.78, 5) is 13.7. The average molecular weight is 222 g/mol. The summed E-state index contributed by atoms with van der Waals surface area (Å²) in [5.41, 5.74) is 5.41. The first-order valence-corrected chi connectivity index (χ1v) is 4.53. The van der Waals surface area contributed by atoms with Crippen LogP contribution in [0.15, 0.2) is 30.5 Å². The number of nitrogens with two attached hydrogens (primary N) is 1. The molecule has 0 spiro atoms. The van der Waals surface area contributed by atoms with Gasteiger partial charge in [-0.3, -0.25) is 4.79 Å². The van der Waals surface area contributed by atoms with Crippen molar-refractivity contribution < 1.29 is 13.6 Å². The van der Waals surface area contributed by atoms with Crippen molar-refractivity contribution in [3.05, 3.63) is 47.7 Å². The molecule has 1 amide bonds. The second-order valence-electron chi connectivity index (χ2n) is 3.23. The van der Waals surface area contributed by atoms with Gasteiger partial charge in [-0.15, -0.1) is 0 Å². The lowest BCUT2D eigenvalue weighted by Gasteiger charge is -2.03. The Hall–Kier alpha value is -2.17. The van der Waals surface area contributed by atoms with Crippen molar-refractivity contribution in [1.82, 2.24) is 4.98 Å². The van der Waals surface area contributed by atoms with Gasteiger partial charge in [0.15, 0.2) is 11.6 Å². The molecular weight excluding hydrogens is 214 g/mol. The highest BCUT2D eigenvalue weighted by molar-refractivity contribution is 5.99. The predicted molar refractivity (Wildman–Crippen MR) is 54.7 cm³/mol. The number of hydrogen-bond donors (Lipinski definition) is 2. The number of carbonyl (C=O) groups is 1. The third-order valence-electron chi connectivity index (χ3n) is 2.23. The Kier molecular flexibility index (Phi) is 2.44. The highest BCUT2D eigenvalue weighted by Crippen LogP contribution is 2.25. The lowest BCUT2D eigenvalue weighted by atomic mass is 10.1. The minimum Gasteiger partial charge on any atom is -0.366 e. The van der Waals surface area contributed by atoms with Crippen LogP contribution in [-0.2, 0) is 0 Å². The minimum atomic E-state index is -1.01. The van der Waals surface area contributed by atoms with E-state index in [1.807, 2.05) is 0 Å². The van der Waals surface area contributed by atoms with Gasteiger partial charge in [-0.1, -0.05) is 6.07 Å². The number of halogens is 2. The molecule has 2 rings (SSSR count). The molecule has 1 aromatic carbocycles. The Labute approximate surface area is 89.9 Å². The van der Waals surface area contributed by atoms with Crippen LogP contribution in [-0.4, -0.2) is 10.9 Å². The Morgan fingerprint density at radius 1 is 1.25 bits per heavy atom. The summed E-state index contributed by atoms with van der Waals surface area (Å²) in [7, 11) is 0. The average Bonchev–Trinajstić information content (AvgIpc) is 2.70. The molecule has 0 fully saturated rings. The first kappa shape index (κ1) is 10.4. The zero-order chi connectivity index (χ0) is 11.7. The highest BCUT2D eigenvalue weighted by Gasteiger charge is 2.16. The van der Waals surface area contributed by atoms with E-state index in [0.717, 1.165) is 6.07 Å². The topological polar surface area (TPSA) is 58.9 Å². The fraction of sp³-hybridized carbons (Fsp3) is 0. The maximum atomic E-state index is 13.5. The van der Waals surface area contributed by atoms with Crippen molar-refractivity contribution in [3.63, 3.8) is 0 Å². The van der Waals surface area contributed by atoms with Gasteiger partial charge in [0.2, 0.25) is 0 Å². The van der Waals surface area contributed by atoms with E-state index in [4.69, 9.17) is 5.73 Å². The number of primary amides is 1. The summed E-state index contributed by atoms with van der Waals surface area (Å²) in [6.07, 6.45) is 1.44. The molecule has 3 nitrogen and oxygen atoms in total. The smallest absolute Gasteiger partial charge is 0.250 e. The van der Waals surface area contributed by atoms with Crippen LogP contribution in [0, 0.1) is 11.6 Å². The molecule has 0 saturated carbocycles. The van der Waals surface area contributed by atoms with Crippen molar-refractivity contribution >= 4 is 5.91 Å². The van der Waals surface area contributed by atoms with Crippen LogP contribution in [0.4, 0.5) is 8.78 Å². The molecule has 0 aliphatic heterocycles. The molecule has 16 heavy (non-hydrogen) atoms. The summed E-state index contributed by atoms with van der Waals surface area (Å²) in [5, 5.41) is 0. The van der Waals surface area contributed by atoms with Crippen LogP contribution in [0.1, 0.15) is 10.4 Å². The number of aromatic amines is 1. The summed E-state index contributed by atoms with van der Waals surface area (Å²) in [6.45, 7) is 0. The Morgan fingerprint density at radius 2 is 2.00 bits per heavy atom. The Bertz CT molecular complexity index is 549. The quantitative estimate of drug-likeness (QED) is 0.802. The largest absolute Gasteiger partial charge is 0.366 e. The number of amides is 1. The Balaban J connectivity index is 2.63. The van der Waals surface area contributed by atoms with Crippen LogP contribution in [0.2, 0.25) is 0 Å². The van der Waals surface area contributed by atoms with Crippen molar-refractivity contribution in [1.29, 1.82) is 0 Å². The van der Waals surface area contributed by atoms with Gasteiger partial charge in [0.1, 0.15) is 0 Å². The molecule has 0 aliphatic carbocycles. The summed E-state index contributed by atoms with van der Waals surface area (Å²) in [6, 6.07) is 5.16. The second kappa shape index (κ2) is 3.77. The maximum absolute atomic E-state index is 13.5. The van der Waals surface area contributed by atoms with Crippen molar-refractivity contribution in [2.24, 2.45) is 5.73 Å². The van der Waals surface area contributed by atoms with Gasteiger partial charge < -0.3 is 10.7 Å². The van der Waals surface area contributed by atoms with Crippen LogP contribution in [0.25, 0.3) is 11.3 Å². The van der Waals surface area contributed by atoms with Crippen molar-refractivity contribution in [3.8, 4) is 11.3 Å². The van der Waals surface area contributed by atoms with E-state index in [1.165, 1.54) is 24.4 Å². The number of H-pyrrole nitrogens is 1. The van der Waals surface area contributed by atoms with Gasteiger partial charge in [0.25, 0.3) is 5.91 Å². The van der Waals surface area contributed by atoms with E-state index in [0.29, 0.717) is 0 Å². The first-order valence-electron chi connectivity index (χ1n) is 4.53. The molecular formula is C11H8F2N2O. The second-order valence-corrected chi connectivity index (χ2v) is 3.23. The predicted octanol–water partition coefficient (Wildman–Crippen LogP) is 2.06. The number of carbonyl (C=O) groups excluding carboxylic acids is 1. The summed E-state index contributed by atoms with van der Waals surface area (Å²) in [5.74, 6) is -2.67. The lowest BCUT2D eigenvalue weighted by molar-refractivity contribution is 0.100. The molecule has 2 aromatic rings. The van der Waals surface area contributed by atoms with E-state index >= 15 is 0 Å². The molecule has 1 aromatic heterocycles. The van der Waals surface area contributed by atoms with Gasteiger partial charge in [0, 0.05) is 11.8 Å². The molecule has 3 N–H and O–H groups in total. The number of aromatic nitrogens is 1. The molecule has 0 atom stereocenters. The molecule has 0 radical (unpaired) electrons. The van der Waals surface area contributed by atoms with Crippen LogP contribution in [0.5, 0.6) is 0 Å². The molecule has 0 unspecified atom stereocenters. The first-order chi connectivity index (χ1) is 7.61. The third-order valence-corrected chi connectivity index (χ3v) is 2.23. The molecule has 5 heteroatoms. The van der Waals surface area contributed by atoms with Crippen LogP contribution in [0.3, 0.4) is 0 Å². The minimum absolute atomic E-state index is 0.0150. The van der Waals surface area contributed by atoms with Gasteiger partial charge in [-0.2, -0.15) is 0 Å². The van der Waals surface area contributed by atoms with E-state index in [9.17, 15) is 13.6 Å². The molecule has 0 saturated heterocycles. The third kappa shape index (κ3) is 1.56. The van der Waals surface area contributed by atoms with E-state index in [2.05, 4.69) is 4.98 Å². The van der Waals surface area contributed by atoms with E-state index < -0.39 is 17.5 Å². The lowest BCUT2D eigenvalue weighted by Crippen LogP contribution is -2.11. The zero-order valence-electron chi connectivity index (χ0n) is 8.13. The molecule has 82 valence electrons. The van der Waals surface area contributed by atoms with E-state index in [1.54, 1.807) is 0 Å². The summed E-state index contributed by atoms with van der Waals surface area (Å²) >= 11 is 0. The Morgan fingerprint density at radius 3 is 2.69 bits per heavy atom. The standard InChI is InChI=1S/C11H8F2N2O/c12-8-3-1-2-6(9(8)13)10-7(11(14)16)4-5-15-10/h1-5,15H,(H2,14,16). The SMILES string of the molecule is NC(=O)c1cc[nH]c1-c1cccc(F)c1F. The van der Waals surface area contributed by atoms with Crippen molar-refractivity contribution in [2.75, 3.05) is 0 Å². The van der Waals surface area contributed by atoms with Crippen molar-refractivity contribution in [2.45, 2.75) is 0 Å². The normalized spacial score (nSPS) is 10.4. The van der Waals surface area contributed by atoms with E-state index in [-0.39, 0.29) is 16.8 Å². The summed E-state index contributed by atoms with van der Waals surface area (Å²) < 4.78 is 26.5. The van der Waals surface area contributed by atoms with Gasteiger partial charge >= 0.3 is 0 Å². The number of benzene rings is 1. The monoisotopic (exact) mass is 222 g/mol. The van der Waals surface area contributed by atoms with Gasteiger partial charge in [-0.05, 0) is 18.2 Å². The fourth-order valence-corrected chi connectivity index (χ4v) is 1.49. The van der Waals surface area contributed by atoms with Gasteiger partial charge in [-0.25, -0.2) is 8.78 Å². The highest BCUT2D eigenvalue weighted by atomic mass is 19.2. The zero-order valence-corrected chi connectivity index (χ0v) is 8.13. The fourth-order valence-electron chi connectivity index (χ4n) is 1.49. The number of rotatable bonds is 2.